The highest BCUT2D eigenvalue weighted by atomic mass is 16.5. The third-order valence-electron chi connectivity index (χ3n) is 4.00. The molecule has 2 aromatic rings. The van der Waals surface area contributed by atoms with Gasteiger partial charge in [-0.25, -0.2) is 4.79 Å². The molecule has 108 valence electrons. The van der Waals surface area contributed by atoms with Crippen molar-refractivity contribution in [3.05, 3.63) is 34.3 Å². The van der Waals surface area contributed by atoms with E-state index in [2.05, 4.69) is 10.3 Å². The van der Waals surface area contributed by atoms with Gasteiger partial charge in [0.2, 0.25) is 0 Å². The van der Waals surface area contributed by atoms with Crippen molar-refractivity contribution in [3.8, 4) is 0 Å². The minimum absolute atomic E-state index is 0.254. The van der Waals surface area contributed by atoms with Gasteiger partial charge >= 0.3 is 5.76 Å². The SMILES string of the molecule is CNC(CCC1CCCO1)c1ccc2[nH]c(=O)oc2c1. The first kappa shape index (κ1) is 13.4. The first-order valence-corrected chi connectivity index (χ1v) is 7.18. The molecule has 0 aliphatic carbocycles. The smallest absolute Gasteiger partial charge is 0.408 e. The molecule has 1 aromatic carbocycles. The van der Waals surface area contributed by atoms with Crippen molar-refractivity contribution in [1.82, 2.24) is 10.3 Å². The van der Waals surface area contributed by atoms with Gasteiger partial charge in [0.05, 0.1) is 11.6 Å². The molecule has 2 N–H and O–H groups in total. The normalized spacial score (nSPS) is 20.6. The van der Waals surface area contributed by atoms with Crippen molar-refractivity contribution in [3.63, 3.8) is 0 Å². The van der Waals surface area contributed by atoms with Crippen molar-refractivity contribution in [2.45, 2.75) is 37.8 Å². The summed E-state index contributed by atoms with van der Waals surface area (Å²) in [4.78, 5) is 13.8. The van der Waals surface area contributed by atoms with Gasteiger partial charge in [0.15, 0.2) is 5.58 Å². The molecule has 1 saturated heterocycles. The van der Waals surface area contributed by atoms with Crippen molar-refractivity contribution in [2.24, 2.45) is 0 Å². The minimum Gasteiger partial charge on any atom is -0.408 e. The lowest BCUT2D eigenvalue weighted by molar-refractivity contribution is 0.0998. The number of fused-ring (bicyclic) bond motifs is 1. The van der Waals surface area contributed by atoms with E-state index in [9.17, 15) is 4.79 Å². The molecular formula is C15H20N2O3. The molecule has 2 atom stereocenters. The summed E-state index contributed by atoms with van der Waals surface area (Å²) in [5.41, 5.74) is 2.50. The Morgan fingerprint density at radius 1 is 1.50 bits per heavy atom. The van der Waals surface area contributed by atoms with Crippen molar-refractivity contribution >= 4 is 11.1 Å². The Morgan fingerprint density at radius 2 is 2.40 bits per heavy atom. The van der Waals surface area contributed by atoms with E-state index in [4.69, 9.17) is 9.15 Å². The molecule has 2 heterocycles. The Bertz CT molecular complexity index is 625. The highest BCUT2D eigenvalue weighted by Crippen LogP contribution is 2.25. The van der Waals surface area contributed by atoms with Gasteiger partial charge in [-0.2, -0.15) is 0 Å². The van der Waals surface area contributed by atoms with Crippen LogP contribution in [0, 0.1) is 0 Å². The van der Waals surface area contributed by atoms with E-state index >= 15 is 0 Å². The average Bonchev–Trinajstić information content (AvgIpc) is 3.07. The van der Waals surface area contributed by atoms with Gasteiger partial charge in [-0.3, -0.25) is 4.98 Å². The second-order valence-electron chi connectivity index (χ2n) is 5.32. The zero-order valence-corrected chi connectivity index (χ0v) is 11.6. The summed E-state index contributed by atoms with van der Waals surface area (Å²) in [6.45, 7) is 0.898. The Kier molecular flexibility index (Phi) is 3.89. The highest BCUT2D eigenvalue weighted by Gasteiger charge is 2.18. The fourth-order valence-electron chi connectivity index (χ4n) is 2.88. The molecule has 1 aliphatic heterocycles. The minimum atomic E-state index is -0.405. The number of H-pyrrole nitrogens is 1. The zero-order chi connectivity index (χ0) is 13.9. The fraction of sp³-hybridized carbons (Fsp3) is 0.533. The van der Waals surface area contributed by atoms with Crippen molar-refractivity contribution in [2.75, 3.05) is 13.7 Å². The van der Waals surface area contributed by atoms with Crippen LogP contribution in [0.3, 0.4) is 0 Å². The first-order chi connectivity index (χ1) is 9.76. The number of nitrogens with one attached hydrogen (secondary N) is 2. The number of aromatic nitrogens is 1. The molecule has 3 rings (SSSR count). The van der Waals surface area contributed by atoms with Gasteiger partial charge < -0.3 is 14.5 Å². The molecule has 20 heavy (non-hydrogen) atoms. The van der Waals surface area contributed by atoms with Crippen LogP contribution in [0.5, 0.6) is 0 Å². The maximum atomic E-state index is 11.2. The van der Waals surface area contributed by atoms with E-state index in [0.717, 1.165) is 30.5 Å². The summed E-state index contributed by atoms with van der Waals surface area (Å²) in [6, 6.07) is 6.11. The molecule has 5 nitrogen and oxygen atoms in total. The van der Waals surface area contributed by atoms with Gasteiger partial charge in [0.25, 0.3) is 0 Å². The number of oxazole rings is 1. The molecule has 2 unspecified atom stereocenters. The van der Waals surface area contributed by atoms with Crippen LogP contribution in [0.15, 0.2) is 27.4 Å². The maximum absolute atomic E-state index is 11.2. The van der Waals surface area contributed by atoms with Crippen molar-refractivity contribution < 1.29 is 9.15 Å². The van der Waals surface area contributed by atoms with Gasteiger partial charge in [-0.05, 0) is 50.4 Å². The Balaban J connectivity index is 1.73. The van der Waals surface area contributed by atoms with Gasteiger partial charge in [-0.15, -0.1) is 0 Å². The molecule has 1 aromatic heterocycles. The number of hydrogen-bond donors (Lipinski definition) is 2. The number of benzene rings is 1. The molecule has 0 amide bonds. The lowest BCUT2D eigenvalue weighted by Gasteiger charge is -2.18. The summed E-state index contributed by atoms with van der Waals surface area (Å²) < 4.78 is 10.8. The van der Waals surface area contributed by atoms with E-state index in [1.54, 1.807) is 0 Å². The van der Waals surface area contributed by atoms with E-state index in [1.165, 1.54) is 12.8 Å². The molecule has 0 bridgehead atoms. The van der Waals surface area contributed by atoms with E-state index in [1.807, 2.05) is 25.2 Å². The quantitative estimate of drug-likeness (QED) is 0.879. The van der Waals surface area contributed by atoms with Crippen LogP contribution in [0.25, 0.3) is 11.1 Å². The van der Waals surface area contributed by atoms with Gasteiger partial charge in [0, 0.05) is 12.6 Å². The monoisotopic (exact) mass is 276 g/mol. The predicted octanol–water partition coefficient (Wildman–Crippen LogP) is 2.34. The number of rotatable bonds is 5. The summed E-state index contributed by atoms with van der Waals surface area (Å²) in [5, 5.41) is 3.33. The van der Waals surface area contributed by atoms with E-state index in [-0.39, 0.29) is 6.04 Å². The Labute approximate surface area is 117 Å². The molecule has 0 radical (unpaired) electrons. The van der Waals surface area contributed by atoms with Crippen LogP contribution < -0.4 is 11.1 Å². The maximum Gasteiger partial charge on any atom is 0.417 e. The van der Waals surface area contributed by atoms with Gasteiger partial charge in [0.1, 0.15) is 0 Å². The molecular weight excluding hydrogens is 256 g/mol. The predicted molar refractivity (Wildman–Crippen MR) is 76.8 cm³/mol. The van der Waals surface area contributed by atoms with Gasteiger partial charge in [-0.1, -0.05) is 6.07 Å². The molecule has 0 saturated carbocycles. The van der Waals surface area contributed by atoms with Crippen LogP contribution >= 0.6 is 0 Å². The van der Waals surface area contributed by atoms with E-state index < -0.39 is 5.76 Å². The Morgan fingerprint density at radius 3 is 3.15 bits per heavy atom. The second kappa shape index (κ2) is 5.81. The fourth-order valence-corrected chi connectivity index (χ4v) is 2.88. The van der Waals surface area contributed by atoms with Crippen LogP contribution in [0.1, 0.15) is 37.3 Å². The largest absolute Gasteiger partial charge is 0.417 e. The second-order valence-corrected chi connectivity index (χ2v) is 5.32. The molecule has 5 heteroatoms. The standard InChI is InChI=1S/C15H20N2O3/c1-16-12(7-5-11-3-2-8-19-11)10-4-6-13-14(9-10)20-15(18)17-13/h4,6,9,11-12,16H,2-3,5,7-8H2,1H3,(H,17,18). The number of aromatic amines is 1. The van der Waals surface area contributed by atoms with Crippen molar-refractivity contribution in [1.29, 1.82) is 0 Å². The summed E-state index contributed by atoms with van der Waals surface area (Å²) in [6.07, 6.45) is 4.82. The highest BCUT2D eigenvalue weighted by molar-refractivity contribution is 5.72. The number of ether oxygens (including phenoxy) is 1. The molecule has 1 fully saturated rings. The summed E-state index contributed by atoms with van der Waals surface area (Å²) >= 11 is 0. The number of hydrogen-bond acceptors (Lipinski definition) is 4. The van der Waals surface area contributed by atoms with Crippen LogP contribution in [0.2, 0.25) is 0 Å². The van der Waals surface area contributed by atoms with Crippen LogP contribution in [0.4, 0.5) is 0 Å². The third-order valence-corrected chi connectivity index (χ3v) is 4.00. The van der Waals surface area contributed by atoms with E-state index in [0.29, 0.717) is 11.7 Å². The lowest BCUT2D eigenvalue weighted by Crippen LogP contribution is -2.18. The summed E-state index contributed by atoms with van der Waals surface area (Å²) in [7, 11) is 1.96. The first-order valence-electron chi connectivity index (χ1n) is 7.18. The average molecular weight is 276 g/mol. The van der Waals surface area contributed by atoms with Crippen LogP contribution in [-0.4, -0.2) is 24.7 Å². The third kappa shape index (κ3) is 2.78. The topological polar surface area (TPSA) is 67.3 Å². The molecule has 1 aliphatic rings. The van der Waals surface area contributed by atoms with Crippen LogP contribution in [-0.2, 0) is 4.74 Å². The summed E-state index contributed by atoms with van der Waals surface area (Å²) in [5.74, 6) is -0.405. The lowest BCUT2D eigenvalue weighted by atomic mass is 9.99. The molecule has 0 spiro atoms. The Hall–Kier alpha value is -1.59. The zero-order valence-electron chi connectivity index (χ0n) is 11.6.